The zero-order valence-electron chi connectivity index (χ0n) is 18.1. The van der Waals surface area contributed by atoms with Crippen molar-refractivity contribution in [1.29, 1.82) is 0 Å². The molecule has 170 valence electrons. The van der Waals surface area contributed by atoms with Crippen LogP contribution in [0.15, 0.2) is 78.9 Å². The van der Waals surface area contributed by atoms with Crippen molar-refractivity contribution in [3.8, 4) is 5.75 Å². The van der Waals surface area contributed by atoms with Gasteiger partial charge in [0.2, 0.25) is 0 Å². The third kappa shape index (κ3) is 2.82. The van der Waals surface area contributed by atoms with E-state index in [1.807, 2.05) is 18.2 Å². The van der Waals surface area contributed by atoms with Crippen LogP contribution in [-0.4, -0.2) is 36.5 Å². The number of nitrogens with zero attached hydrogens (tertiary/aromatic N) is 1. The summed E-state index contributed by atoms with van der Waals surface area (Å²) < 4.78 is 31.1. The van der Waals surface area contributed by atoms with E-state index < -0.39 is 27.5 Å². The average molecular weight is 472 g/mol. The fourth-order valence-electron chi connectivity index (χ4n) is 5.67. The standard InChI is InChI=1S/C27H21NO5S/c29-22-7-2-1-4-19(22)14-28-26(27-23(33-28)15-32-34(27,30)31)21-13-11-18-9-8-16-5-3-6-17-10-12-20(21)25(18)24(16)17/h1-13,23,26-27,29H,14-15H2/t23-,26-,27+/m1/s1. The molecule has 34 heavy (non-hydrogen) atoms. The van der Waals surface area contributed by atoms with Gasteiger partial charge in [-0.15, -0.1) is 0 Å². The normalized spacial score (nSPS) is 24.4. The summed E-state index contributed by atoms with van der Waals surface area (Å²) in [4.78, 5) is 6.16. The van der Waals surface area contributed by atoms with Crippen molar-refractivity contribution in [3.63, 3.8) is 0 Å². The molecule has 2 heterocycles. The smallest absolute Gasteiger partial charge is 0.275 e. The minimum atomic E-state index is -3.82. The first kappa shape index (κ1) is 20.2. The van der Waals surface area contributed by atoms with E-state index in [1.165, 1.54) is 5.39 Å². The molecule has 0 bridgehead atoms. The number of hydrogen-bond acceptors (Lipinski definition) is 6. The molecule has 5 aromatic carbocycles. The maximum Gasteiger partial charge on any atom is 0.275 e. The summed E-state index contributed by atoms with van der Waals surface area (Å²) >= 11 is 0. The summed E-state index contributed by atoms with van der Waals surface area (Å²) in [7, 11) is -3.82. The van der Waals surface area contributed by atoms with Crippen LogP contribution in [0.3, 0.4) is 0 Å². The van der Waals surface area contributed by atoms with Crippen molar-refractivity contribution in [2.24, 2.45) is 0 Å². The minimum absolute atomic E-state index is 0.00734. The van der Waals surface area contributed by atoms with Crippen LogP contribution in [0.2, 0.25) is 0 Å². The van der Waals surface area contributed by atoms with Gasteiger partial charge in [-0.2, -0.15) is 13.5 Å². The largest absolute Gasteiger partial charge is 0.508 e. The highest BCUT2D eigenvalue weighted by Crippen LogP contribution is 2.47. The molecule has 0 aliphatic carbocycles. The van der Waals surface area contributed by atoms with Gasteiger partial charge in [-0.1, -0.05) is 72.8 Å². The number of hydroxylamine groups is 2. The van der Waals surface area contributed by atoms with Crippen LogP contribution in [0.1, 0.15) is 17.2 Å². The molecule has 2 aliphatic rings. The highest BCUT2D eigenvalue weighted by atomic mass is 32.2. The zero-order valence-corrected chi connectivity index (χ0v) is 18.9. The topological polar surface area (TPSA) is 76.1 Å². The predicted octanol–water partition coefficient (Wildman–Crippen LogP) is 4.88. The van der Waals surface area contributed by atoms with E-state index in [0.29, 0.717) is 5.56 Å². The number of para-hydroxylation sites is 1. The van der Waals surface area contributed by atoms with Gasteiger partial charge in [-0.3, -0.25) is 9.02 Å². The molecule has 0 saturated carbocycles. The molecule has 5 aromatic rings. The Balaban J connectivity index is 1.46. The Morgan fingerprint density at radius 2 is 1.56 bits per heavy atom. The summed E-state index contributed by atoms with van der Waals surface area (Å²) in [6.45, 7) is 0.244. The molecule has 0 spiro atoms. The minimum Gasteiger partial charge on any atom is -0.508 e. The molecule has 0 aromatic heterocycles. The first-order valence-electron chi connectivity index (χ1n) is 11.3. The highest BCUT2D eigenvalue weighted by molar-refractivity contribution is 7.87. The Hall–Kier alpha value is -3.23. The highest BCUT2D eigenvalue weighted by Gasteiger charge is 2.56. The lowest BCUT2D eigenvalue weighted by molar-refractivity contribution is -0.175. The molecule has 0 unspecified atom stereocenters. The second-order valence-electron chi connectivity index (χ2n) is 9.05. The van der Waals surface area contributed by atoms with Crippen LogP contribution in [-0.2, 0) is 25.7 Å². The molecule has 3 atom stereocenters. The Morgan fingerprint density at radius 1 is 0.853 bits per heavy atom. The van der Waals surface area contributed by atoms with E-state index in [9.17, 15) is 13.5 Å². The van der Waals surface area contributed by atoms with Crippen molar-refractivity contribution < 1.29 is 22.5 Å². The van der Waals surface area contributed by atoms with E-state index in [4.69, 9.17) is 9.02 Å². The zero-order chi connectivity index (χ0) is 23.0. The van der Waals surface area contributed by atoms with Gasteiger partial charge in [0, 0.05) is 5.56 Å². The summed E-state index contributed by atoms with van der Waals surface area (Å²) in [5, 5.41) is 17.9. The summed E-state index contributed by atoms with van der Waals surface area (Å²) in [5.74, 6) is 0.149. The number of fused-ring (bicyclic) bond motifs is 1. The fraction of sp³-hybridized carbons (Fsp3) is 0.185. The molecular formula is C27H21NO5S. The molecule has 2 fully saturated rings. The lowest BCUT2D eigenvalue weighted by Crippen LogP contribution is -2.31. The number of phenols is 1. The molecular weight excluding hydrogens is 450 g/mol. The number of aromatic hydroxyl groups is 1. The van der Waals surface area contributed by atoms with Crippen LogP contribution in [0.5, 0.6) is 5.75 Å². The Morgan fingerprint density at radius 3 is 2.35 bits per heavy atom. The van der Waals surface area contributed by atoms with Gasteiger partial charge < -0.3 is 5.11 Å². The van der Waals surface area contributed by atoms with Crippen molar-refractivity contribution in [2.75, 3.05) is 6.61 Å². The van der Waals surface area contributed by atoms with E-state index >= 15 is 0 Å². The second kappa shape index (κ2) is 7.13. The number of hydrogen-bond donors (Lipinski definition) is 1. The van der Waals surface area contributed by atoms with E-state index in [2.05, 4.69) is 48.5 Å². The Labute approximate surface area is 196 Å². The SMILES string of the molecule is O=S1(=O)OC[C@H]2ON(Cc3ccccc3O)[C@H](c3ccc4ccc5cccc6ccc3c4c56)[C@H]21. The van der Waals surface area contributed by atoms with Crippen LogP contribution in [0.4, 0.5) is 0 Å². The lowest BCUT2D eigenvalue weighted by Gasteiger charge is -2.27. The van der Waals surface area contributed by atoms with Crippen molar-refractivity contribution in [1.82, 2.24) is 5.06 Å². The molecule has 7 heteroatoms. The molecule has 0 radical (unpaired) electrons. The Kier molecular flexibility index (Phi) is 4.23. The van der Waals surface area contributed by atoms with E-state index in [0.717, 1.165) is 32.5 Å². The monoisotopic (exact) mass is 471 g/mol. The molecule has 6 nitrogen and oxygen atoms in total. The van der Waals surface area contributed by atoms with E-state index in [-0.39, 0.29) is 18.9 Å². The lowest BCUT2D eigenvalue weighted by atomic mass is 9.88. The number of rotatable bonds is 3. The summed E-state index contributed by atoms with van der Waals surface area (Å²) in [5.41, 5.74) is 1.55. The molecule has 0 amide bonds. The van der Waals surface area contributed by atoms with Crippen LogP contribution < -0.4 is 0 Å². The number of benzene rings is 5. The van der Waals surface area contributed by atoms with Crippen molar-refractivity contribution in [2.45, 2.75) is 23.9 Å². The van der Waals surface area contributed by atoms with Gasteiger partial charge >= 0.3 is 0 Å². The quantitative estimate of drug-likeness (QED) is 0.299. The number of phenolic OH excluding ortho intramolecular Hbond substituents is 1. The predicted molar refractivity (Wildman–Crippen MR) is 130 cm³/mol. The van der Waals surface area contributed by atoms with E-state index in [1.54, 1.807) is 17.2 Å². The van der Waals surface area contributed by atoms with Crippen LogP contribution >= 0.6 is 0 Å². The van der Waals surface area contributed by atoms with Crippen molar-refractivity contribution in [3.05, 3.63) is 90.0 Å². The van der Waals surface area contributed by atoms with Gasteiger partial charge in [0.15, 0.2) is 0 Å². The third-order valence-electron chi connectivity index (χ3n) is 7.19. The first-order chi connectivity index (χ1) is 16.5. The van der Waals surface area contributed by atoms with Gasteiger partial charge in [0.05, 0.1) is 19.2 Å². The second-order valence-corrected chi connectivity index (χ2v) is 10.8. The fourth-order valence-corrected chi connectivity index (χ4v) is 7.25. The third-order valence-corrected chi connectivity index (χ3v) is 8.88. The van der Waals surface area contributed by atoms with Crippen LogP contribution in [0, 0.1) is 0 Å². The van der Waals surface area contributed by atoms with Crippen LogP contribution in [0.25, 0.3) is 32.3 Å². The molecule has 2 saturated heterocycles. The maximum atomic E-state index is 13.0. The summed E-state index contributed by atoms with van der Waals surface area (Å²) in [6, 6.07) is 25.2. The van der Waals surface area contributed by atoms with Gasteiger partial charge in [-0.05, 0) is 43.9 Å². The summed E-state index contributed by atoms with van der Waals surface area (Å²) in [6.07, 6.45) is -0.598. The van der Waals surface area contributed by atoms with Gasteiger partial charge in [0.25, 0.3) is 10.1 Å². The van der Waals surface area contributed by atoms with Gasteiger partial charge in [-0.25, -0.2) is 0 Å². The van der Waals surface area contributed by atoms with Crippen molar-refractivity contribution >= 4 is 42.4 Å². The first-order valence-corrected chi connectivity index (χ1v) is 12.7. The molecule has 7 rings (SSSR count). The Bertz CT molecular complexity index is 1670. The average Bonchev–Trinajstić information content (AvgIpc) is 3.35. The van der Waals surface area contributed by atoms with Gasteiger partial charge in [0.1, 0.15) is 17.1 Å². The molecule has 2 aliphatic heterocycles. The maximum absolute atomic E-state index is 13.0. The molecule has 1 N–H and O–H groups in total.